The molecule has 0 amide bonds. The van der Waals surface area contributed by atoms with Crippen molar-refractivity contribution in [1.82, 2.24) is 19.7 Å². The van der Waals surface area contributed by atoms with Crippen LogP contribution >= 0.6 is 11.6 Å². The van der Waals surface area contributed by atoms with Crippen LogP contribution in [0, 0.1) is 0 Å². The van der Waals surface area contributed by atoms with E-state index in [1.54, 1.807) is 23.1 Å². The molecule has 7 heteroatoms. The average molecular weight is 376 g/mol. The number of hydrogen-bond acceptors (Lipinski definition) is 5. The molecule has 0 spiro atoms. The van der Waals surface area contributed by atoms with Crippen molar-refractivity contribution in [3.63, 3.8) is 0 Å². The van der Waals surface area contributed by atoms with Gasteiger partial charge in [0.1, 0.15) is 0 Å². The Morgan fingerprint density at radius 1 is 1.08 bits per heavy atom. The Kier molecular flexibility index (Phi) is 5.63. The van der Waals surface area contributed by atoms with Crippen molar-refractivity contribution in [2.45, 2.75) is 32.7 Å². The topological polar surface area (TPSA) is 54.3 Å². The minimum Gasteiger partial charge on any atom is -0.368 e. The van der Waals surface area contributed by atoms with Gasteiger partial charge in [-0.25, -0.2) is 4.68 Å². The lowest BCUT2D eigenvalue weighted by Gasteiger charge is -2.36. The molecule has 1 aliphatic rings. The van der Waals surface area contributed by atoms with Gasteiger partial charge in [0.05, 0.1) is 22.9 Å². The molecule has 26 heavy (non-hydrogen) atoms. The third-order valence-corrected chi connectivity index (χ3v) is 5.02. The molecule has 2 aromatic rings. The van der Waals surface area contributed by atoms with Crippen molar-refractivity contribution in [3.8, 4) is 0 Å². The largest absolute Gasteiger partial charge is 0.368 e. The van der Waals surface area contributed by atoms with Crippen LogP contribution < -0.4 is 10.5 Å². The van der Waals surface area contributed by atoms with Gasteiger partial charge in [-0.2, -0.15) is 5.10 Å². The number of nitrogens with zero attached hydrogens (tertiary/aromatic N) is 5. The predicted octanol–water partition coefficient (Wildman–Crippen LogP) is 2.41. The molecule has 2 aromatic heterocycles. The SMILES string of the molecule is CC(C)(C)c1ccc(=O)n(CCN2CCN(c3ccncc3Cl)CC2)n1. The highest BCUT2D eigenvalue weighted by Gasteiger charge is 2.20. The van der Waals surface area contributed by atoms with Gasteiger partial charge in [0.25, 0.3) is 5.56 Å². The van der Waals surface area contributed by atoms with Crippen molar-refractivity contribution in [1.29, 1.82) is 0 Å². The van der Waals surface area contributed by atoms with Crippen LogP contribution in [0.3, 0.4) is 0 Å². The Hall–Kier alpha value is -1.92. The molecule has 140 valence electrons. The molecule has 0 bridgehead atoms. The second-order valence-electron chi connectivity index (χ2n) is 7.69. The zero-order valence-corrected chi connectivity index (χ0v) is 16.4. The van der Waals surface area contributed by atoms with E-state index in [0.717, 1.165) is 44.1 Å². The first-order valence-corrected chi connectivity index (χ1v) is 9.38. The van der Waals surface area contributed by atoms with E-state index in [1.165, 1.54) is 0 Å². The summed E-state index contributed by atoms with van der Waals surface area (Å²) in [5.74, 6) is 0. The standard InChI is InChI=1S/C19H26ClN5O/c1-19(2,3)17-4-5-18(26)25(22-17)13-10-23-8-11-24(12-9-23)16-6-7-21-14-15(16)20/h4-7,14H,8-13H2,1-3H3. The lowest BCUT2D eigenvalue weighted by molar-refractivity contribution is 0.242. The fourth-order valence-corrected chi connectivity index (χ4v) is 3.32. The van der Waals surface area contributed by atoms with Crippen LogP contribution in [0.2, 0.25) is 5.02 Å². The molecule has 0 radical (unpaired) electrons. The molecule has 0 unspecified atom stereocenters. The lowest BCUT2D eigenvalue weighted by Crippen LogP contribution is -2.47. The van der Waals surface area contributed by atoms with Crippen LogP contribution in [0.4, 0.5) is 5.69 Å². The minimum absolute atomic E-state index is 0.0415. The van der Waals surface area contributed by atoms with Crippen LogP contribution in [0.5, 0.6) is 0 Å². The smallest absolute Gasteiger partial charge is 0.266 e. The number of pyridine rings is 1. The summed E-state index contributed by atoms with van der Waals surface area (Å²) in [5, 5.41) is 5.24. The summed E-state index contributed by atoms with van der Waals surface area (Å²) in [6, 6.07) is 5.41. The van der Waals surface area contributed by atoms with E-state index in [-0.39, 0.29) is 11.0 Å². The lowest BCUT2D eigenvalue weighted by atomic mass is 9.92. The maximum atomic E-state index is 12.1. The molecule has 1 fully saturated rings. The summed E-state index contributed by atoms with van der Waals surface area (Å²) in [7, 11) is 0. The van der Waals surface area contributed by atoms with Gasteiger partial charge in [-0.05, 0) is 12.1 Å². The van der Waals surface area contributed by atoms with Crippen molar-refractivity contribution in [2.75, 3.05) is 37.6 Å². The molecule has 0 aliphatic carbocycles. The Morgan fingerprint density at radius 3 is 2.46 bits per heavy atom. The molecule has 3 heterocycles. The summed E-state index contributed by atoms with van der Waals surface area (Å²) in [6.45, 7) is 11.4. The molecule has 0 atom stereocenters. The highest BCUT2D eigenvalue weighted by Crippen LogP contribution is 2.25. The van der Waals surface area contributed by atoms with Gasteiger partial charge < -0.3 is 4.90 Å². The molecule has 3 rings (SSSR count). The third-order valence-electron chi connectivity index (χ3n) is 4.73. The van der Waals surface area contributed by atoms with Crippen molar-refractivity contribution in [3.05, 3.63) is 51.7 Å². The number of halogens is 1. The summed E-state index contributed by atoms with van der Waals surface area (Å²) in [6.07, 6.45) is 3.46. The Morgan fingerprint density at radius 2 is 1.81 bits per heavy atom. The van der Waals surface area contributed by atoms with E-state index in [9.17, 15) is 4.79 Å². The van der Waals surface area contributed by atoms with Gasteiger partial charge in [0.15, 0.2) is 0 Å². The van der Waals surface area contributed by atoms with Gasteiger partial charge in [0, 0.05) is 56.6 Å². The molecule has 0 N–H and O–H groups in total. The molecule has 6 nitrogen and oxygen atoms in total. The zero-order valence-electron chi connectivity index (χ0n) is 15.7. The molecule has 0 aromatic carbocycles. The molecule has 1 aliphatic heterocycles. The van der Waals surface area contributed by atoms with Crippen LogP contribution in [-0.4, -0.2) is 52.4 Å². The van der Waals surface area contributed by atoms with Gasteiger partial charge >= 0.3 is 0 Å². The van der Waals surface area contributed by atoms with E-state index < -0.39 is 0 Å². The van der Waals surface area contributed by atoms with E-state index in [1.807, 2.05) is 12.1 Å². The number of hydrogen-bond donors (Lipinski definition) is 0. The number of piperazine rings is 1. The van der Waals surface area contributed by atoms with Gasteiger partial charge in [-0.1, -0.05) is 32.4 Å². The number of rotatable bonds is 4. The van der Waals surface area contributed by atoms with Crippen molar-refractivity contribution in [2.24, 2.45) is 0 Å². The average Bonchev–Trinajstić information content (AvgIpc) is 2.61. The third kappa shape index (κ3) is 4.43. The first-order chi connectivity index (χ1) is 12.3. The zero-order chi connectivity index (χ0) is 18.7. The maximum Gasteiger partial charge on any atom is 0.266 e. The maximum absolute atomic E-state index is 12.1. The van der Waals surface area contributed by atoms with Crippen LogP contribution in [0.15, 0.2) is 35.4 Å². The predicted molar refractivity (Wildman–Crippen MR) is 105 cm³/mol. The minimum atomic E-state index is -0.0646. The molecule has 0 saturated carbocycles. The second-order valence-corrected chi connectivity index (χ2v) is 8.09. The van der Waals surface area contributed by atoms with Crippen molar-refractivity contribution >= 4 is 17.3 Å². The molecular weight excluding hydrogens is 350 g/mol. The summed E-state index contributed by atoms with van der Waals surface area (Å²) in [5.41, 5.74) is 1.87. The first-order valence-electron chi connectivity index (χ1n) is 9.00. The van der Waals surface area contributed by atoms with Crippen LogP contribution in [-0.2, 0) is 12.0 Å². The fraction of sp³-hybridized carbons (Fsp3) is 0.526. The van der Waals surface area contributed by atoms with Gasteiger partial charge in [0.2, 0.25) is 0 Å². The van der Waals surface area contributed by atoms with E-state index in [4.69, 9.17) is 11.6 Å². The van der Waals surface area contributed by atoms with Crippen LogP contribution in [0.25, 0.3) is 0 Å². The van der Waals surface area contributed by atoms with E-state index in [0.29, 0.717) is 11.6 Å². The van der Waals surface area contributed by atoms with E-state index in [2.05, 4.69) is 40.7 Å². The summed E-state index contributed by atoms with van der Waals surface area (Å²) in [4.78, 5) is 20.8. The highest BCUT2D eigenvalue weighted by molar-refractivity contribution is 6.33. The summed E-state index contributed by atoms with van der Waals surface area (Å²) < 4.78 is 1.59. The Labute approximate surface area is 159 Å². The van der Waals surface area contributed by atoms with Crippen LogP contribution in [0.1, 0.15) is 26.5 Å². The quantitative estimate of drug-likeness (QED) is 0.821. The second kappa shape index (κ2) is 7.76. The Balaban J connectivity index is 1.58. The fourth-order valence-electron chi connectivity index (χ4n) is 3.08. The van der Waals surface area contributed by atoms with Gasteiger partial charge in [-0.3, -0.25) is 14.7 Å². The Bertz CT molecular complexity index is 806. The van der Waals surface area contributed by atoms with E-state index >= 15 is 0 Å². The normalized spacial score (nSPS) is 16.1. The monoisotopic (exact) mass is 375 g/mol. The first kappa shape index (κ1) is 18.9. The highest BCUT2D eigenvalue weighted by atomic mass is 35.5. The number of anilines is 1. The molecular formula is C19H26ClN5O. The summed E-state index contributed by atoms with van der Waals surface area (Å²) >= 11 is 6.24. The van der Waals surface area contributed by atoms with Crippen molar-refractivity contribution < 1.29 is 0 Å². The molecule has 1 saturated heterocycles. The number of aromatic nitrogens is 3. The van der Waals surface area contributed by atoms with Gasteiger partial charge in [-0.15, -0.1) is 0 Å².